The highest BCUT2D eigenvalue weighted by molar-refractivity contribution is 7.92. The summed E-state index contributed by atoms with van der Waals surface area (Å²) in [5.41, 5.74) is 1.37. The van der Waals surface area contributed by atoms with Gasteiger partial charge in [-0.15, -0.1) is 0 Å². The SMILES string of the molecule is Cc1cc(NS(C)(=O)=O)ccc1Cl. The van der Waals surface area contributed by atoms with Crippen molar-refractivity contribution in [2.45, 2.75) is 6.92 Å². The fourth-order valence-corrected chi connectivity index (χ4v) is 1.59. The highest BCUT2D eigenvalue weighted by atomic mass is 35.5. The summed E-state index contributed by atoms with van der Waals surface area (Å²) in [6.07, 6.45) is 1.11. The van der Waals surface area contributed by atoms with Gasteiger partial charge in [0.05, 0.1) is 6.26 Å². The molecule has 0 aliphatic carbocycles. The van der Waals surface area contributed by atoms with Gasteiger partial charge < -0.3 is 0 Å². The Bertz CT molecular complexity index is 414. The molecule has 0 atom stereocenters. The second-order valence-corrected chi connectivity index (χ2v) is 4.99. The molecule has 0 aromatic heterocycles. The Hall–Kier alpha value is -0.740. The van der Waals surface area contributed by atoms with E-state index in [0.717, 1.165) is 11.8 Å². The number of rotatable bonds is 2. The predicted octanol–water partition coefficient (Wildman–Crippen LogP) is 2.02. The van der Waals surface area contributed by atoms with Crippen LogP contribution in [0.3, 0.4) is 0 Å². The summed E-state index contributed by atoms with van der Waals surface area (Å²) < 4.78 is 24.1. The molecule has 1 rings (SSSR count). The summed E-state index contributed by atoms with van der Waals surface area (Å²) in [7, 11) is -3.20. The Morgan fingerprint density at radius 3 is 2.46 bits per heavy atom. The van der Waals surface area contributed by atoms with Crippen LogP contribution in [0, 0.1) is 6.92 Å². The second-order valence-electron chi connectivity index (χ2n) is 2.84. The lowest BCUT2D eigenvalue weighted by Gasteiger charge is -2.05. The number of halogens is 1. The van der Waals surface area contributed by atoms with E-state index in [2.05, 4.69) is 4.72 Å². The lowest BCUT2D eigenvalue weighted by molar-refractivity contribution is 0.607. The average molecular weight is 220 g/mol. The van der Waals surface area contributed by atoms with Gasteiger partial charge in [0.15, 0.2) is 0 Å². The van der Waals surface area contributed by atoms with Crippen molar-refractivity contribution in [2.75, 3.05) is 11.0 Å². The van der Waals surface area contributed by atoms with E-state index in [1.165, 1.54) is 0 Å². The highest BCUT2D eigenvalue weighted by Gasteiger charge is 2.02. The van der Waals surface area contributed by atoms with Crippen LogP contribution in [0.5, 0.6) is 0 Å². The summed E-state index contributed by atoms with van der Waals surface area (Å²) in [5, 5.41) is 0.624. The molecule has 0 radical (unpaired) electrons. The third-order valence-electron chi connectivity index (χ3n) is 1.46. The van der Waals surface area contributed by atoms with Crippen LogP contribution in [0.15, 0.2) is 18.2 Å². The first-order valence-corrected chi connectivity index (χ1v) is 5.89. The Morgan fingerprint density at radius 2 is 2.00 bits per heavy atom. The Labute approximate surface area is 82.8 Å². The molecule has 1 N–H and O–H groups in total. The van der Waals surface area contributed by atoms with Crippen molar-refractivity contribution in [3.05, 3.63) is 28.8 Å². The molecule has 0 aliphatic heterocycles. The van der Waals surface area contributed by atoms with Crippen LogP contribution in [-0.2, 0) is 10.0 Å². The van der Waals surface area contributed by atoms with Crippen molar-refractivity contribution >= 4 is 27.3 Å². The fraction of sp³-hybridized carbons (Fsp3) is 0.250. The minimum absolute atomic E-state index is 0.532. The predicted molar refractivity (Wildman–Crippen MR) is 54.7 cm³/mol. The first-order chi connectivity index (χ1) is 5.88. The van der Waals surface area contributed by atoms with Crippen LogP contribution >= 0.6 is 11.6 Å². The minimum atomic E-state index is -3.20. The van der Waals surface area contributed by atoms with E-state index in [-0.39, 0.29) is 0 Å². The summed E-state index contributed by atoms with van der Waals surface area (Å²) in [6.45, 7) is 1.82. The van der Waals surface area contributed by atoms with E-state index < -0.39 is 10.0 Å². The van der Waals surface area contributed by atoms with Crippen molar-refractivity contribution in [1.82, 2.24) is 0 Å². The van der Waals surface area contributed by atoms with Gasteiger partial charge in [0.2, 0.25) is 10.0 Å². The second kappa shape index (κ2) is 3.55. The minimum Gasteiger partial charge on any atom is -0.284 e. The van der Waals surface area contributed by atoms with E-state index in [4.69, 9.17) is 11.6 Å². The summed E-state index contributed by atoms with van der Waals surface area (Å²) >= 11 is 5.77. The normalized spacial score (nSPS) is 11.3. The molecule has 0 bridgehead atoms. The lowest BCUT2D eigenvalue weighted by Crippen LogP contribution is -2.09. The fourth-order valence-electron chi connectivity index (χ4n) is 0.922. The number of anilines is 1. The molecule has 0 unspecified atom stereocenters. The van der Waals surface area contributed by atoms with Gasteiger partial charge in [-0.05, 0) is 30.7 Å². The maximum absolute atomic E-state index is 10.9. The van der Waals surface area contributed by atoms with Gasteiger partial charge in [0.1, 0.15) is 0 Å². The highest BCUT2D eigenvalue weighted by Crippen LogP contribution is 2.19. The van der Waals surface area contributed by atoms with Gasteiger partial charge in [0, 0.05) is 10.7 Å². The quantitative estimate of drug-likeness (QED) is 0.827. The van der Waals surface area contributed by atoms with Crippen LogP contribution in [0.4, 0.5) is 5.69 Å². The molecule has 3 nitrogen and oxygen atoms in total. The molecule has 0 spiro atoms. The number of nitrogens with one attached hydrogen (secondary N) is 1. The first-order valence-electron chi connectivity index (χ1n) is 3.62. The van der Waals surface area contributed by atoms with Crippen molar-refractivity contribution < 1.29 is 8.42 Å². The zero-order chi connectivity index (χ0) is 10.1. The molecule has 13 heavy (non-hydrogen) atoms. The Balaban J connectivity index is 2.99. The topological polar surface area (TPSA) is 46.2 Å². The van der Waals surface area contributed by atoms with Gasteiger partial charge in [-0.3, -0.25) is 4.72 Å². The van der Waals surface area contributed by atoms with Gasteiger partial charge in [-0.1, -0.05) is 11.6 Å². The van der Waals surface area contributed by atoms with Crippen molar-refractivity contribution in [3.8, 4) is 0 Å². The van der Waals surface area contributed by atoms with Gasteiger partial charge in [0.25, 0.3) is 0 Å². The number of hydrogen-bond donors (Lipinski definition) is 1. The summed E-state index contributed by atoms with van der Waals surface area (Å²) in [4.78, 5) is 0. The Morgan fingerprint density at radius 1 is 1.38 bits per heavy atom. The molecular weight excluding hydrogens is 210 g/mol. The first kappa shape index (κ1) is 10.3. The number of benzene rings is 1. The molecule has 0 amide bonds. The third-order valence-corrected chi connectivity index (χ3v) is 2.49. The van der Waals surface area contributed by atoms with Crippen LogP contribution in [-0.4, -0.2) is 14.7 Å². The van der Waals surface area contributed by atoms with Crippen LogP contribution in [0.1, 0.15) is 5.56 Å². The van der Waals surface area contributed by atoms with Crippen LogP contribution in [0.2, 0.25) is 5.02 Å². The van der Waals surface area contributed by atoms with E-state index in [9.17, 15) is 8.42 Å². The summed E-state index contributed by atoms with van der Waals surface area (Å²) in [5.74, 6) is 0. The average Bonchev–Trinajstić information content (AvgIpc) is 1.94. The number of sulfonamides is 1. The molecule has 0 fully saturated rings. The maximum atomic E-state index is 10.9. The van der Waals surface area contributed by atoms with Crippen molar-refractivity contribution in [3.63, 3.8) is 0 Å². The third kappa shape index (κ3) is 3.24. The standard InChI is InChI=1S/C8H10ClNO2S/c1-6-5-7(3-4-8(6)9)10-13(2,11)12/h3-5,10H,1-2H3. The molecule has 0 saturated heterocycles. The van der Waals surface area contributed by atoms with Gasteiger partial charge in [-0.25, -0.2) is 8.42 Å². The van der Waals surface area contributed by atoms with Gasteiger partial charge in [-0.2, -0.15) is 0 Å². The lowest BCUT2D eigenvalue weighted by atomic mass is 10.2. The van der Waals surface area contributed by atoms with E-state index in [1.807, 2.05) is 6.92 Å². The number of hydrogen-bond acceptors (Lipinski definition) is 2. The Kier molecular flexibility index (Phi) is 2.83. The summed E-state index contributed by atoms with van der Waals surface area (Å²) in [6, 6.07) is 4.96. The number of aryl methyl sites for hydroxylation is 1. The zero-order valence-corrected chi connectivity index (χ0v) is 8.91. The molecular formula is C8H10ClNO2S. The van der Waals surface area contributed by atoms with E-state index in [1.54, 1.807) is 18.2 Å². The van der Waals surface area contributed by atoms with Crippen LogP contribution < -0.4 is 4.72 Å². The molecule has 5 heteroatoms. The molecule has 0 saturated carbocycles. The smallest absolute Gasteiger partial charge is 0.229 e. The molecule has 1 aromatic carbocycles. The largest absolute Gasteiger partial charge is 0.284 e. The van der Waals surface area contributed by atoms with Crippen LogP contribution in [0.25, 0.3) is 0 Å². The zero-order valence-electron chi connectivity index (χ0n) is 7.33. The van der Waals surface area contributed by atoms with E-state index in [0.29, 0.717) is 10.7 Å². The molecule has 72 valence electrons. The van der Waals surface area contributed by atoms with E-state index >= 15 is 0 Å². The van der Waals surface area contributed by atoms with Crippen molar-refractivity contribution in [1.29, 1.82) is 0 Å². The maximum Gasteiger partial charge on any atom is 0.229 e. The van der Waals surface area contributed by atoms with Gasteiger partial charge >= 0.3 is 0 Å². The molecule has 1 aromatic rings. The monoisotopic (exact) mass is 219 g/mol. The molecule has 0 heterocycles. The molecule has 0 aliphatic rings. The van der Waals surface area contributed by atoms with Crippen molar-refractivity contribution in [2.24, 2.45) is 0 Å².